The average Bonchev–Trinajstić information content (AvgIpc) is 2.49. The van der Waals surface area contributed by atoms with E-state index in [1.807, 2.05) is 30.3 Å². The second-order valence-electron chi connectivity index (χ2n) is 3.80. The molecule has 4 nitrogen and oxygen atoms in total. The number of anilines is 2. The molecule has 0 radical (unpaired) electrons. The van der Waals surface area contributed by atoms with Crippen molar-refractivity contribution in [3.05, 3.63) is 59.6 Å². The Morgan fingerprint density at radius 1 is 0.950 bits per heavy atom. The van der Waals surface area contributed by atoms with Crippen molar-refractivity contribution in [2.24, 2.45) is 5.10 Å². The predicted molar refractivity (Wildman–Crippen MR) is 78.7 cm³/mol. The zero-order chi connectivity index (χ0) is 14.4. The molecule has 20 heavy (non-hydrogen) atoms. The number of nitrogens with zero attached hydrogens (tertiary/aromatic N) is 4. The highest BCUT2D eigenvalue weighted by molar-refractivity contribution is 6.30. The highest BCUT2D eigenvalue weighted by atomic mass is 35.5. The lowest BCUT2D eigenvalue weighted by molar-refractivity contribution is 1.09. The minimum Gasteiger partial charge on any atom is -0.232 e. The molecule has 0 heterocycles. The van der Waals surface area contributed by atoms with Crippen LogP contribution in [0.4, 0.5) is 11.4 Å². The average molecular weight is 281 g/mol. The smallest absolute Gasteiger partial charge is 0.232 e. The van der Waals surface area contributed by atoms with Crippen LogP contribution in [0.15, 0.2) is 59.7 Å². The number of benzene rings is 2. The third kappa shape index (κ3) is 3.14. The summed E-state index contributed by atoms with van der Waals surface area (Å²) in [5, 5.41) is 23.9. The molecule has 5 heteroatoms. The van der Waals surface area contributed by atoms with Gasteiger partial charge in [0.2, 0.25) is 5.71 Å². The van der Waals surface area contributed by atoms with Crippen LogP contribution in [0, 0.1) is 22.7 Å². The van der Waals surface area contributed by atoms with Crippen molar-refractivity contribution in [2.45, 2.75) is 0 Å². The summed E-state index contributed by atoms with van der Waals surface area (Å²) in [4.78, 5) is 0. The summed E-state index contributed by atoms with van der Waals surface area (Å²) in [5.41, 5.74) is 1.18. The number of nitriles is 2. The molecule has 0 atom stereocenters. The van der Waals surface area contributed by atoms with Gasteiger partial charge in [0.25, 0.3) is 0 Å². The minimum atomic E-state index is -0.228. The molecule has 0 saturated carbocycles. The van der Waals surface area contributed by atoms with Crippen molar-refractivity contribution in [3.8, 4) is 12.1 Å². The first-order chi connectivity index (χ1) is 9.74. The highest BCUT2D eigenvalue weighted by Crippen LogP contribution is 2.27. The molecule has 96 valence electrons. The van der Waals surface area contributed by atoms with E-state index in [0.717, 1.165) is 5.69 Å². The van der Waals surface area contributed by atoms with E-state index in [-0.39, 0.29) is 5.71 Å². The number of halogens is 1. The van der Waals surface area contributed by atoms with Crippen LogP contribution in [0.3, 0.4) is 0 Å². The fourth-order valence-electron chi connectivity index (χ4n) is 1.61. The number of para-hydroxylation sites is 1. The Morgan fingerprint density at radius 2 is 1.60 bits per heavy atom. The Balaban J connectivity index is 2.54. The molecular weight excluding hydrogens is 272 g/mol. The maximum Gasteiger partial charge on any atom is 0.237 e. The third-order valence-corrected chi connectivity index (χ3v) is 2.70. The highest BCUT2D eigenvalue weighted by Gasteiger charge is 2.10. The molecule has 0 aliphatic rings. The van der Waals surface area contributed by atoms with Crippen molar-refractivity contribution < 1.29 is 0 Å². The molecule has 0 unspecified atom stereocenters. The van der Waals surface area contributed by atoms with Crippen LogP contribution in [0.25, 0.3) is 0 Å². The summed E-state index contributed by atoms with van der Waals surface area (Å²) in [6.45, 7) is 0. The number of hydrazone groups is 1. The van der Waals surface area contributed by atoms with Crippen LogP contribution in [-0.2, 0) is 0 Å². The van der Waals surface area contributed by atoms with Gasteiger partial charge >= 0.3 is 0 Å². The summed E-state index contributed by atoms with van der Waals surface area (Å²) >= 11 is 5.98. The van der Waals surface area contributed by atoms with Crippen molar-refractivity contribution in [3.63, 3.8) is 0 Å². The van der Waals surface area contributed by atoms with Gasteiger partial charge in [0.15, 0.2) is 0 Å². The second-order valence-corrected chi connectivity index (χ2v) is 4.24. The van der Waals surface area contributed by atoms with Crippen LogP contribution in [0.1, 0.15) is 0 Å². The van der Waals surface area contributed by atoms with Gasteiger partial charge in [-0.25, -0.2) is 5.01 Å². The molecule has 0 N–H and O–H groups in total. The quantitative estimate of drug-likeness (QED) is 0.633. The molecule has 0 bridgehead atoms. The predicted octanol–water partition coefficient (Wildman–Crippen LogP) is 3.88. The van der Waals surface area contributed by atoms with E-state index >= 15 is 0 Å². The molecule has 2 aromatic rings. The number of rotatable bonds is 3. The van der Waals surface area contributed by atoms with Crippen molar-refractivity contribution in [2.75, 3.05) is 5.01 Å². The molecule has 0 aliphatic heterocycles. The van der Waals surface area contributed by atoms with Crippen molar-refractivity contribution in [1.82, 2.24) is 0 Å². The Bertz CT molecular complexity index is 695. The molecule has 0 spiro atoms. The van der Waals surface area contributed by atoms with Gasteiger partial charge in [-0.05, 0) is 30.3 Å². The summed E-state index contributed by atoms with van der Waals surface area (Å²) < 4.78 is 0. The summed E-state index contributed by atoms with van der Waals surface area (Å²) in [6.07, 6.45) is 0. The van der Waals surface area contributed by atoms with Gasteiger partial charge < -0.3 is 0 Å². The second kappa shape index (κ2) is 6.38. The standard InChI is InChI=1S/C15H9ClN4/c16-12-5-4-8-15(9-12)20(19-13(10-17)11-18)14-6-2-1-3-7-14/h1-9H. The molecule has 0 aliphatic carbocycles. The Morgan fingerprint density at radius 3 is 2.20 bits per heavy atom. The van der Waals surface area contributed by atoms with Gasteiger partial charge in [0.1, 0.15) is 12.1 Å². The molecule has 0 fully saturated rings. The van der Waals surface area contributed by atoms with Gasteiger partial charge in [-0.15, -0.1) is 5.10 Å². The maximum atomic E-state index is 8.87. The number of hydrogen-bond donors (Lipinski definition) is 0. The van der Waals surface area contributed by atoms with E-state index in [4.69, 9.17) is 22.1 Å². The molecule has 0 saturated heterocycles. The van der Waals surface area contributed by atoms with E-state index < -0.39 is 0 Å². The largest absolute Gasteiger partial charge is 0.237 e. The van der Waals surface area contributed by atoms with E-state index in [1.165, 1.54) is 5.01 Å². The van der Waals surface area contributed by atoms with E-state index in [2.05, 4.69) is 5.10 Å². The van der Waals surface area contributed by atoms with Crippen LogP contribution in [-0.4, -0.2) is 5.71 Å². The zero-order valence-corrected chi connectivity index (χ0v) is 11.1. The fourth-order valence-corrected chi connectivity index (χ4v) is 1.80. The van der Waals surface area contributed by atoms with Gasteiger partial charge in [-0.3, -0.25) is 0 Å². The lowest BCUT2D eigenvalue weighted by Crippen LogP contribution is -2.11. The van der Waals surface area contributed by atoms with Crippen molar-refractivity contribution in [1.29, 1.82) is 10.5 Å². The lowest BCUT2D eigenvalue weighted by atomic mass is 10.2. The Labute approximate surface area is 121 Å². The van der Waals surface area contributed by atoms with Crippen LogP contribution < -0.4 is 5.01 Å². The van der Waals surface area contributed by atoms with Crippen LogP contribution in [0.5, 0.6) is 0 Å². The molecular formula is C15H9ClN4. The maximum absolute atomic E-state index is 8.87. The summed E-state index contributed by atoms with van der Waals surface area (Å²) in [5.74, 6) is 0. The fraction of sp³-hybridized carbons (Fsp3) is 0. The summed E-state index contributed by atoms with van der Waals surface area (Å²) in [7, 11) is 0. The van der Waals surface area contributed by atoms with Crippen LogP contribution in [0.2, 0.25) is 5.02 Å². The molecule has 0 aromatic heterocycles. The van der Waals surface area contributed by atoms with Gasteiger partial charge in [0.05, 0.1) is 11.4 Å². The summed E-state index contributed by atoms with van der Waals surface area (Å²) in [6, 6.07) is 19.8. The lowest BCUT2D eigenvalue weighted by Gasteiger charge is -2.19. The molecule has 2 aromatic carbocycles. The SMILES string of the molecule is N#CC(C#N)=NN(c1ccccc1)c1cccc(Cl)c1. The third-order valence-electron chi connectivity index (χ3n) is 2.47. The van der Waals surface area contributed by atoms with E-state index in [0.29, 0.717) is 10.7 Å². The first-order valence-electron chi connectivity index (χ1n) is 5.74. The monoisotopic (exact) mass is 280 g/mol. The van der Waals surface area contributed by atoms with Gasteiger partial charge in [0, 0.05) is 5.02 Å². The zero-order valence-electron chi connectivity index (χ0n) is 10.4. The molecule has 0 amide bonds. The minimum absolute atomic E-state index is 0.228. The molecule has 2 rings (SSSR count). The van der Waals surface area contributed by atoms with E-state index in [1.54, 1.807) is 36.4 Å². The van der Waals surface area contributed by atoms with E-state index in [9.17, 15) is 0 Å². The Kier molecular flexibility index (Phi) is 4.34. The first kappa shape index (κ1) is 13.6. The van der Waals surface area contributed by atoms with Gasteiger partial charge in [-0.2, -0.15) is 10.5 Å². The van der Waals surface area contributed by atoms with Crippen molar-refractivity contribution >= 4 is 28.7 Å². The van der Waals surface area contributed by atoms with Gasteiger partial charge in [-0.1, -0.05) is 35.9 Å². The first-order valence-corrected chi connectivity index (χ1v) is 6.12. The number of hydrogen-bond acceptors (Lipinski definition) is 4. The van der Waals surface area contributed by atoms with Crippen LogP contribution >= 0.6 is 11.6 Å². The Hall–Kier alpha value is -2.82. The topological polar surface area (TPSA) is 63.2 Å². The normalized spacial score (nSPS) is 9.15.